The molecule has 0 heterocycles. The monoisotopic (exact) mass is 657 g/mol. The van der Waals surface area contributed by atoms with Gasteiger partial charge < -0.3 is 16.0 Å². The zero-order valence-corrected chi connectivity index (χ0v) is 32.4. The standard InChI is InChI=1S/C8H13Ge.3C8H18N.Zr/c1-9(2,3)8-6-4-5-7-8;3*1-5-7(3)9-8(4)6-2;/h4-7H,1-3H3;3*7-8H,5-6H2,1-4H3;/q4*-1;+4. The Morgan fingerprint density at radius 3 is 0.784 bits per heavy atom. The van der Waals surface area contributed by atoms with Gasteiger partial charge in [0.1, 0.15) is 0 Å². The second-order valence-corrected chi connectivity index (χ2v) is 22.1. The van der Waals surface area contributed by atoms with Crippen molar-refractivity contribution in [3.63, 3.8) is 0 Å². The minimum Gasteiger partial charge on any atom is 4.00 e. The van der Waals surface area contributed by atoms with Crippen LogP contribution in [0.15, 0.2) is 24.3 Å². The molecule has 1 aromatic carbocycles. The molecular weight excluding hydrogens is 590 g/mol. The average molecular weight is 658 g/mol. The van der Waals surface area contributed by atoms with E-state index in [9.17, 15) is 0 Å². The van der Waals surface area contributed by atoms with Crippen LogP contribution in [0.5, 0.6) is 0 Å². The molecule has 0 aliphatic rings. The van der Waals surface area contributed by atoms with Crippen LogP contribution >= 0.6 is 0 Å². The Hall–Kier alpha value is 0.656. The summed E-state index contributed by atoms with van der Waals surface area (Å²) in [6, 6.07) is 12.1. The first-order valence-electron chi connectivity index (χ1n) is 15.0. The Labute approximate surface area is 257 Å². The van der Waals surface area contributed by atoms with Gasteiger partial charge in [-0.2, -0.15) is 0 Å². The first-order chi connectivity index (χ1) is 16.7. The van der Waals surface area contributed by atoms with E-state index < -0.39 is 13.3 Å². The van der Waals surface area contributed by atoms with E-state index in [0.717, 1.165) is 0 Å². The van der Waals surface area contributed by atoms with E-state index in [2.05, 4.69) is 141 Å². The molecule has 6 atom stereocenters. The molecule has 0 saturated carbocycles. The number of hydrogen-bond donors (Lipinski definition) is 0. The van der Waals surface area contributed by atoms with E-state index in [1.54, 1.807) is 4.40 Å². The van der Waals surface area contributed by atoms with Gasteiger partial charge in [-0.25, -0.2) is 0 Å². The fourth-order valence-electron chi connectivity index (χ4n) is 2.81. The van der Waals surface area contributed by atoms with Crippen molar-refractivity contribution >= 4 is 17.7 Å². The SMILES string of the molecule is CCC(C)[N-]C(C)CC.CCC(C)[N-]C(C)CC.CCC(C)[N-]C(C)CC.[CH3][Ge]([CH3])([CH3])[c-]1cccc1.[Zr+4]. The van der Waals surface area contributed by atoms with Gasteiger partial charge in [-0.05, 0) is 0 Å². The number of rotatable bonds is 13. The van der Waals surface area contributed by atoms with Crippen LogP contribution < -0.4 is 4.40 Å². The topological polar surface area (TPSA) is 42.3 Å². The van der Waals surface area contributed by atoms with Gasteiger partial charge in [0.15, 0.2) is 0 Å². The van der Waals surface area contributed by atoms with Crippen LogP contribution in [-0.2, 0) is 26.2 Å². The third kappa shape index (κ3) is 31.0. The summed E-state index contributed by atoms with van der Waals surface area (Å²) in [5.74, 6) is 7.24. The number of nitrogens with zero attached hydrogens (tertiary/aromatic N) is 3. The summed E-state index contributed by atoms with van der Waals surface area (Å²) in [5, 5.41) is 13.5. The Balaban J connectivity index is -0.000000194. The van der Waals surface area contributed by atoms with Crippen LogP contribution in [0.1, 0.15) is 122 Å². The summed E-state index contributed by atoms with van der Waals surface area (Å²) >= 11 is -1.44. The molecule has 37 heavy (non-hydrogen) atoms. The normalized spacial score (nSPS) is 15.5. The molecule has 3 nitrogen and oxygen atoms in total. The molecule has 0 fully saturated rings. The van der Waals surface area contributed by atoms with Crippen molar-refractivity contribution in [2.45, 2.75) is 175 Å². The van der Waals surface area contributed by atoms with Crippen LogP contribution in [0.25, 0.3) is 16.0 Å². The summed E-state index contributed by atoms with van der Waals surface area (Å²) in [6.07, 6.45) is 7.03. The molecule has 0 amide bonds. The fraction of sp³-hybridized carbons (Fsp3) is 0.844. The van der Waals surface area contributed by atoms with E-state index in [1.165, 1.54) is 38.5 Å². The van der Waals surface area contributed by atoms with E-state index in [-0.39, 0.29) is 26.2 Å². The fourth-order valence-corrected chi connectivity index (χ4v) is 5.31. The smallest absolute Gasteiger partial charge is 4.00 e. The minimum atomic E-state index is -1.44. The summed E-state index contributed by atoms with van der Waals surface area (Å²) in [6.45, 7) is 26.1. The molecule has 218 valence electrons. The molecule has 1 aromatic rings. The Morgan fingerprint density at radius 2 is 0.676 bits per heavy atom. The van der Waals surface area contributed by atoms with Crippen molar-refractivity contribution in [1.82, 2.24) is 0 Å². The van der Waals surface area contributed by atoms with Gasteiger partial charge in [0.05, 0.1) is 0 Å². The molecule has 0 aliphatic carbocycles. The van der Waals surface area contributed by atoms with Gasteiger partial charge in [0.2, 0.25) is 0 Å². The zero-order chi connectivity index (χ0) is 28.7. The maximum absolute atomic E-state index is 4.51. The third-order valence-electron chi connectivity index (χ3n) is 6.60. The zero-order valence-electron chi connectivity index (χ0n) is 27.9. The predicted octanol–water partition coefficient (Wildman–Crippen LogP) is 10.8. The predicted molar refractivity (Wildman–Crippen MR) is 174 cm³/mol. The largest absolute Gasteiger partial charge is 4.00 e. The van der Waals surface area contributed by atoms with Crippen molar-refractivity contribution in [3.8, 4) is 0 Å². The Kier molecular flexibility index (Phi) is 34.0. The molecule has 0 saturated heterocycles. The Morgan fingerprint density at radius 1 is 0.486 bits per heavy atom. The van der Waals surface area contributed by atoms with E-state index in [4.69, 9.17) is 0 Å². The first-order valence-corrected chi connectivity index (χ1v) is 22.4. The molecule has 1 rings (SSSR count). The third-order valence-corrected chi connectivity index (χ3v) is 10.9. The molecular formula is C32H67GeN3Zr. The second kappa shape index (κ2) is 28.2. The van der Waals surface area contributed by atoms with Crippen molar-refractivity contribution in [1.29, 1.82) is 0 Å². The second-order valence-electron chi connectivity index (χ2n) is 11.4. The van der Waals surface area contributed by atoms with Gasteiger partial charge in [-0.3, -0.25) is 0 Å². The van der Waals surface area contributed by atoms with Crippen LogP contribution in [0.3, 0.4) is 0 Å². The van der Waals surface area contributed by atoms with Crippen molar-refractivity contribution < 1.29 is 26.2 Å². The van der Waals surface area contributed by atoms with E-state index >= 15 is 0 Å². The molecule has 0 spiro atoms. The summed E-state index contributed by atoms with van der Waals surface area (Å²) in [7, 11) is 0. The summed E-state index contributed by atoms with van der Waals surface area (Å²) < 4.78 is 1.61. The average Bonchev–Trinajstić information content (AvgIpc) is 3.40. The van der Waals surface area contributed by atoms with Crippen molar-refractivity contribution in [2.75, 3.05) is 0 Å². The quantitative estimate of drug-likeness (QED) is 0.150. The maximum atomic E-state index is 4.51. The maximum Gasteiger partial charge on any atom is 4.00 e. The molecule has 0 bridgehead atoms. The number of hydrogen-bond acceptors (Lipinski definition) is 0. The van der Waals surface area contributed by atoms with Gasteiger partial charge in [-0.1, -0.05) is 122 Å². The van der Waals surface area contributed by atoms with Crippen LogP contribution in [-0.4, -0.2) is 49.5 Å². The molecule has 6 unspecified atom stereocenters. The molecule has 0 N–H and O–H groups in total. The van der Waals surface area contributed by atoms with Gasteiger partial charge in [0.25, 0.3) is 0 Å². The first kappa shape index (κ1) is 44.7. The van der Waals surface area contributed by atoms with Crippen molar-refractivity contribution in [2.24, 2.45) is 0 Å². The van der Waals surface area contributed by atoms with Crippen LogP contribution in [0.2, 0.25) is 17.3 Å². The molecule has 0 aromatic heterocycles. The van der Waals surface area contributed by atoms with Gasteiger partial charge in [0, 0.05) is 0 Å². The summed E-state index contributed by atoms with van der Waals surface area (Å²) in [5.41, 5.74) is 0. The van der Waals surface area contributed by atoms with Crippen LogP contribution in [0.4, 0.5) is 0 Å². The summed E-state index contributed by atoms with van der Waals surface area (Å²) in [4.78, 5) is 0. The van der Waals surface area contributed by atoms with Crippen molar-refractivity contribution in [3.05, 3.63) is 40.2 Å². The minimum absolute atomic E-state index is 0. The van der Waals surface area contributed by atoms with Crippen LogP contribution in [0, 0.1) is 0 Å². The molecule has 0 aliphatic heterocycles. The molecule has 0 radical (unpaired) electrons. The van der Waals surface area contributed by atoms with Gasteiger partial charge in [-0.15, -0.1) is 36.3 Å². The van der Waals surface area contributed by atoms with E-state index in [1.807, 2.05) is 0 Å². The molecule has 5 heteroatoms. The Bertz CT molecular complexity index is 478. The van der Waals surface area contributed by atoms with Gasteiger partial charge >= 0.3 is 85.4 Å². The van der Waals surface area contributed by atoms with E-state index in [0.29, 0.717) is 36.3 Å².